The van der Waals surface area contributed by atoms with E-state index in [1.165, 1.54) is 0 Å². The molecule has 0 bridgehead atoms. The minimum Gasteiger partial charge on any atom is -0.489 e. The molecule has 2 rings (SSSR count). The summed E-state index contributed by atoms with van der Waals surface area (Å²) in [7, 11) is 0. The molecule has 1 saturated heterocycles. The molecule has 4 nitrogen and oxygen atoms in total. The molecule has 0 spiro atoms. The summed E-state index contributed by atoms with van der Waals surface area (Å²) in [6.07, 6.45) is 1.85. The van der Waals surface area contributed by atoms with Gasteiger partial charge in [-0.15, -0.1) is 0 Å². The molecule has 0 aliphatic carbocycles. The SMILES string of the molecule is C=CCOc1ccc(Cl)cc1CN1CCO[C@@H](CN)C1. The average Bonchev–Trinajstić information content (AvgIpc) is 2.47. The first-order valence-corrected chi connectivity index (χ1v) is 7.17. The Morgan fingerprint density at radius 2 is 2.40 bits per heavy atom. The van der Waals surface area contributed by atoms with Gasteiger partial charge in [0, 0.05) is 36.8 Å². The van der Waals surface area contributed by atoms with E-state index in [1.807, 2.05) is 18.2 Å². The molecule has 2 N–H and O–H groups in total. The van der Waals surface area contributed by atoms with Gasteiger partial charge in [0.1, 0.15) is 12.4 Å². The maximum absolute atomic E-state index is 6.09. The van der Waals surface area contributed by atoms with Gasteiger partial charge in [-0.05, 0) is 18.2 Å². The van der Waals surface area contributed by atoms with Crippen molar-refractivity contribution in [1.82, 2.24) is 4.90 Å². The first kappa shape index (κ1) is 15.3. The third-order valence-corrected chi connectivity index (χ3v) is 3.49. The molecule has 0 amide bonds. The van der Waals surface area contributed by atoms with E-state index in [-0.39, 0.29) is 6.10 Å². The van der Waals surface area contributed by atoms with E-state index in [9.17, 15) is 0 Å². The van der Waals surface area contributed by atoms with E-state index < -0.39 is 0 Å². The summed E-state index contributed by atoms with van der Waals surface area (Å²) in [5, 5.41) is 0.717. The lowest BCUT2D eigenvalue weighted by Crippen LogP contribution is -2.45. The van der Waals surface area contributed by atoms with Gasteiger partial charge in [0.25, 0.3) is 0 Å². The molecule has 110 valence electrons. The van der Waals surface area contributed by atoms with Gasteiger partial charge in [0.05, 0.1) is 12.7 Å². The third kappa shape index (κ3) is 4.21. The second kappa shape index (κ2) is 7.64. The second-order valence-electron chi connectivity index (χ2n) is 4.82. The highest BCUT2D eigenvalue weighted by molar-refractivity contribution is 6.30. The van der Waals surface area contributed by atoms with Crippen LogP contribution >= 0.6 is 11.6 Å². The highest BCUT2D eigenvalue weighted by atomic mass is 35.5. The number of nitrogens with two attached hydrogens (primary N) is 1. The van der Waals surface area contributed by atoms with Gasteiger partial charge in [0.2, 0.25) is 0 Å². The molecule has 0 saturated carbocycles. The Kier molecular flexibility index (Phi) is 5.86. The van der Waals surface area contributed by atoms with Crippen molar-refractivity contribution in [3.8, 4) is 5.75 Å². The molecule has 1 atom stereocenters. The fourth-order valence-corrected chi connectivity index (χ4v) is 2.46. The average molecular weight is 297 g/mol. The fourth-order valence-electron chi connectivity index (χ4n) is 2.27. The summed E-state index contributed by atoms with van der Waals surface area (Å²) in [6.45, 7) is 7.93. The van der Waals surface area contributed by atoms with Crippen LogP contribution in [0.2, 0.25) is 5.02 Å². The number of halogens is 1. The third-order valence-electron chi connectivity index (χ3n) is 3.26. The fraction of sp³-hybridized carbons (Fsp3) is 0.467. The van der Waals surface area contributed by atoms with E-state index in [4.69, 9.17) is 26.8 Å². The maximum atomic E-state index is 6.09. The van der Waals surface area contributed by atoms with Crippen molar-refractivity contribution < 1.29 is 9.47 Å². The van der Waals surface area contributed by atoms with E-state index in [2.05, 4.69) is 11.5 Å². The van der Waals surface area contributed by atoms with Crippen LogP contribution in [0.25, 0.3) is 0 Å². The summed E-state index contributed by atoms with van der Waals surface area (Å²) in [5.74, 6) is 0.852. The zero-order valence-electron chi connectivity index (χ0n) is 11.6. The van der Waals surface area contributed by atoms with E-state index in [0.29, 0.717) is 19.8 Å². The van der Waals surface area contributed by atoms with Crippen LogP contribution in [-0.4, -0.2) is 43.9 Å². The van der Waals surface area contributed by atoms with Crippen LogP contribution in [0.4, 0.5) is 0 Å². The highest BCUT2D eigenvalue weighted by Gasteiger charge is 2.20. The summed E-state index contributed by atoms with van der Waals surface area (Å²) in [4.78, 5) is 2.31. The molecular weight excluding hydrogens is 276 g/mol. The van der Waals surface area contributed by atoms with Crippen LogP contribution in [0.5, 0.6) is 5.75 Å². The van der Waals surface area contributed by atoms with Crippen molar-refractivity contribution in [2.24, 2.45) is 5.73 Å². The standard InChI is InChI=1S/C15H21ClN2O2/c1-2-6-20-15-4-3-13(16)8-12(15)10-18-5-7-19-14(9-17)11-18/h2-4,8,14H,1,5-7,9-11,17H2/t14-/m0/s1. The summed E-state index contributed by atoms with van der Waals surface area (Å²) in [5.41, 5.74) is 6.75. The van der Waals surface area contributed by atoms with E-state index >= 15 is 0 Å². The topological polar surface area (TPSA) is 47.7 Å². The number of ether oxygens (including phenoxy) is 2. The summed E-state index contributed by atoms with van der Waals surface area (Å²) in [6, 6.07) is 5.69. The Labute approximate surface area is 125 Å². The van der Waals surface area contributed by atoms with Crippen molar-refractivity contribution in [3.63, 3.8) is 0 Å². The zero-order chi connectivity index (χ0) is 14.4. The number of hydrogen-bond acceptors (Lipinski definition) is 4. The van der Waals surface area contributed by atoms with Crippen LogP contribution < -0.4 is 10.5 Å². The van der Waals surface area contributed by atoms with Gasteiger partial charge in [-0.25, -0.2) is 0 Å². The minimum absolute atomic E-state index is 0.112. The summed E-state index contributed by atoms with van der Waals surface area (Å²) < 4.78 is 11.3. The Bertz CT molecular complexity index is 453. The van der Waals surface area contributed by atoms with Crippen LogP contribution in [-0.2, 0) is 11.3 Å². The monoisotopic (exact) mass is 296 g/mol. The second-order valence-corrected chi connectivity index (χ2v) is 5.25. The molecule has 0 unspecified atom stereocenters. The lowest BCUT2D eigenvalue weighted by molar-refractivity contribution is -0.0262. The molecular formula is C15H21ClN2O2. The lowest BCUT2D eigenvalue weighted by atomic mass is 10.1. The van der Waals surface area contributed by atoms with Gasteiger partial charge in [0.15, 0.2) is 0 Å². The van der Waals surface area contributed by atoms with Gasteiger partial charge < -0.3 is 15.2 Å². The molecule has 1 aromatic rings. The van der Waals surface area contributed by atoms with E-state index in [1.54, 1.807) is 6.08 Å². The van der Waals surface area contributed by atoms with Gasteiger partial charge in [-0.3, -0.25) is 4.90 Å². The predicted molar refractivity (Wildman–Crippen MR) is 81.2 cm³/mol. The lowest BCUT2D eigenvalue weighted by Gasteiger charge is -2.32. The zero-order valence-corrected chi connectivity index (χ0v) is 12.3. The normalized spacial score (nSPS) is 19.8. The molecule has 1 fully saturated rings. The van der Waals surface area contributed by atoms with Crippen LogP contribution in [0, 0.1) is 0 Å². The van der Waals surface area contributed by atoms with Crippen molar-refractivity contribution in [1.29, 1.82) is 0 Å². The molecule has 1 aliphatic heterocycles. The largest absolute Gasteiger partial charge is 0.489 e. The van der Waals surface area contributed by atoms with Gasteiger partial charge >= 0.3 is 0 Å². The van der Waals surface area contributed by atoms with Gasteiger partial charge in [-0.2, -0.15) is 0 Å². The number of hydrogen-bond donors (Lipinski definition) is 1. The first-order valence-electron chi connectivity index (χ1n) is 6.79. The van der Waals surface area contributed by atoms with Gasteiger partial charge in [-0.1, -0.05) is 24.3 Å². The smallest absolute Gasteiger partial charge is 0.124 e. The molecule has 20 heavy (non-hydrogen) atoms. The Balaban J connectivity index is 2.06. The molecule has 5 heteroatoms. The van der Waals surface area contributed by atoms with Crippen LogP contribution in [0.1, 0.15) is 5.56 Å². The Hall–Kier alpha value is -1.07. The molecule has 1 heterocycles. The quantitative estimate of drug-likeness (QED) is 0.817. The summed E-state index contributed by atoms with van der Waals surface area (Å²) >= 11 is 6.09. The Morgan fingerprint density at radius 3 is 3.15 bits per heavy atom. The molecule has 1 aliphatic rings. The predicted octanol–water partition coefficient (Wildman–Crippen LogP) is 2.06. The number of morpholine rings is 1. The number of benzene rings is 1. The molecule has 0 radical (unpaired) electrons. The van der Waals surface area contributed by atoms with Crippen molar-refractivity contribution in [3.05, 3.63) is 41.4 Å². The minimum atomic E-state index is 0.112. The van der Waals surface area contributed by atoms with E-state index in [0.717, 1.165) is 36.0 Å². The van der Waals surface area contributed by atoms with Crippen molar-refractivity contribution >= 4 is 11.6 Å². The number of rotatable bonds is 6. The number of nitrogens with zero attached hydrogens (tertiary/aromatic N) is 1. The molecule has 0 aromatic heterocycles. The first-order chi connectivity index (χ1) is 9.72. The van der Waals surface area contributed by atoms with Crippen LogP contribution in [0.15, 0.2) is 30.9 Å². The highest BCUT2D eigenvalue weighted by Crippen LogP contribution is 2.25. The molecule has 1 aromatic carbocycles. The van der Waals surface area contributed by atoms with Crippen molar-refractivity contribution in [2.75, 3.05) is 32.8 Å². The Morgan fingerprint density at radius 1 is 1.55 bits per heavy atom. The van der Waals surface area contributed by atoms with Crippen molar-refractivity contribution in [2.45, 2.75) is 12.6 Å². The van der Waals surface area contributed by atoms with Crippen LogP contribution in [0.3, 0.4) is 0 Å². The maximum Gasteiger partial charge on any atom is 0.124 e.